The second-order valence-corrected chi connectivity index (χ2v) is 3.70. The Morgan fingerprint density at radius 1 is 1.31 bits per heavy atom. The quantitative estimate of drug-likeness (QED) is 0.871. The van der Waals surface area contributed by atoms with Crippen molar-refractivity contribution in [3.8, 4) is 5.75 Å². The van der Waals surface area contributed by atoms with Gasteiger partial charge in [0.25, 0.3) is 0 Å². The monoisotopic (exact) mass is 236 g/mol. The average molecular weight is 237 g/mol. The molecule has 0 saturated carbocycles. The predicted octanol–water partition coefficient (Wildman–Crippen LogP) is 3.20. The third-order valence-electron chi connectivity index (χ3n) is 2.38. The lowest BCUT2D eigenvalue weighted by atomic mass is 10.1. The molecule has 0 saturated heterocycles. The Bertz CT molecular complexity index is 563. The molecule has 0 fully saturated rings. The van der Waals surface area contributed by atoms with Crippen LogP contribution in [0.25, 0.3) is 10.8 Å². The second kappa shape index (κ2) is 4.02. The lowest BCUT2D eigenvalue weighted by Crippen LogP contribution is -2.01. The molecule has 4 heteroatoms. The van der Waals surface area contributed by atoms with Gasteiger partial charge >= 0.3 is 5.97 Å². The number of methoxy groups -OCH3 is 1. The van der Waals surface area contributed by atoms with Crippen molar-refractivity contribution in [1.82, 2.24) is 0 Å². The van der Waals surface area contributed by atoms with Crippen LogP contribution in [0.15, 0.2) is 30.3 Å². The Morgan fingerprint density at radius 3 is 2.50 bits per heavy atom. The summed E-state index contributed by atoms with van der Waals surface area (Å²) in [6.07, 6.45) is 0. The van der Waals surface area contributed by atoms with Crippen molar-refractivity contribution in [2.45, 2.75) is 0 Å². The van der Waals surface area contributed by atoms with Crippen molar-refractivity contribution in [3.63, 3.8) is 0 Å². The highest BCUT2D eigenvalue weighted by molar-refractivity contribution is 6.36. The molecule has 0 unspecified atom stereocenters. The highest BCUT2D eigenvalue weighted by Crippen LogP contribution is 2.34. The topological polar surface area (TPSA) is 46.5 Å². The first kappa shape index (κ1) is 10.8. The van der Waals surface area contributed by atoms with E-state index < -0.39 is 5.97 Å². The maximum atomic E-state index is 11.0. The molecule has 3 nitrogen and oxygen atoms in total. The third-order valence-corrected chi connectivity index (χ3v) is 2.69. The maximum absolute atomic E-state index is 11.0. The van der Waals surface area contributed by atoms with Crippen molar-refractivity contribution < 1.29 is 14.6 Å². The fraction of sp³-hybridized carbons (Fsp3) is 0.0833. The van der Waals surface area contributed by atoms with Gasteiger partial charge in [-0.3, -0.25) is 0 Å². The van der Waals surface area contributed by atoms with Crippen molar-refractivity contribution in [1.29, 1.82) is 0 Å². The van der Waals surface area contributed by atoms with Gasteiger partial charge in [-0.1, -0.05) is 35.9 Å². The standard InChI is InChI=1S/C12H9ClO3/c1-16-11-8-5-3-2-4-7(8)10(13)6-9(11)12(14)15/h2-6H,1H3,(H,14,15). The van der Waals surface area contributed by atoms with Crippen LogP contribution in [-0.4, -0.2) is 18.2 Å². The molecule has 0 aliphatic carbocycles. The largest absolute Gasteiger partial charge is 0.495 e. The molecule has 16 heavy (non-hydrogen) atoms. The van der Waals surface area contributed by atoms with E-state index in [-0.39, 0.29) is 5.56 Å². The number of ether oxygens (including phenoxy) is 1. The van der Waals surface area contributed by atoms with Gasteiger partial charge < -0.3 is 9.84 Å². The number of carbonyl (C=O) groups is 1. The molecule has 82 valence electrons. The molecule has 2 aromatic rings. The molecule has 0 aliphatic heterocycles. The Balaban J connectivity index is 2.90. The van der Waals surface area contributed by atoms with Crippen LogP contribution in [0, 0.1) is 0 Å². The van der Waals surface area contributed by atoms with Crippen LogP contribution in [0.5, 0.6) is 5.75 Å². The summed E-state index contributed by atoms with van der Waals surface area (Å²) in [4.78, 5) is 11.0. The molecule has 2 aromatic carbocycles. The minimum Gasteiger partial charge on any atom is -0.495 e. The Morgan fingerprint density at radius 2 is 1.94 bits per heavy atom. The lowest BCUT2D eigenvalue weighted by molar-refractivity contribution is 0.0693. The van der Waals surface area contributed by atoms with E-state index in [2.05, 4.69) is 0 Å². The van der Waals surface area contributed by atoms with Crippen molar-refractivity contribution in [2.75, 3.05) is 7.11 Å². The van der Waals surface area contributed by atoms with Crippen LogP contribution >= 0.6 is 11.6 Å². The summed E-state index contributed by atoms with van der Waals surface area (Å²) in [6.45, 7) is 0. The highest BCUT2D eigenvalue weighted by Gasteiger charge is 2.16. The number of aromatic carboxylic acids is 1. The van der Waals surface area contributed by atoms with Crippen molar-refractivity contribution in [2.24, 2.45) is 0 Å². The number of carboxylic acid groups (broad SMARTS) is 1. The van der Waals surface area contributed by atoms with Gasteiger partial charge in [-0.05, 0) is 6.07 Å². The summed E-state index contributed by atoms with van der Waals surface area (Å²) in [5.41, 5.74) is 0.0752. The van der Waals surface area contributed by atoms with Crippen molar-refractivity contribution in [3.05, 3.63) is 40.9 Å². The van der Waals surface area contributed by atoms with Gasteiger partial charge in [0.05, 0.1) is 7.11 Å². The van der Waals surface area contributed by atoms with Crippen LogP contribution in [0.4, 0.5) is 0 Å². The number of carboxylic acids is 1. The highest BCUT2D eigenvalue weighted by atomic mass is 35.5. The third kappa shape index (κ3) is 1.59. The van der Waals surface area contributed by atoms with Gasteiger partial charge in [-0.2, -0.15) is 0 Å². The minimum absolute atomic E-state index is 0.0752. The smallest absolute Gasteiger partial charge is 0.339 e. The normalized spacial score (nSPS) is 10.4. The lowest BCUT2D eigenvalue weighted by Gasteiger charge is -2.10. The van der Waals surface area contributed by atoms with E-state index in [1.54, 1.807) is 6.07 Å². The summed E-state index contributed by atoms with van der Waals surface area (Å²) < 4.78 is 5.14. The Labute approximate surface area is 97.2 Å². The van der Waals surface area contributed by atoms with Crippen LogP contribution in [0.3, 0.4) is 0 Å². The molecular formula is C12H9ClO3. The molecule has 0 radical (unpaired) electrons. The van der Waals surface area contributed by atoms with Crippen LogP contribution in [0.2, 0.25) is 5.02 Å². The summed E-state index contributed by atoms with van der Waals surface area (Å²) in [5.74, 6) is -0.711. The van der Waals surface area contributed by atoms with Crippen LogP contribution in [0.1, 0.15) is 10.4 Å². The maximum Gasteiger partial charge on any atom is 0.339 e. The number of hydrogen-bond acceptors (Lipinski definition) is 2. The van der Waals surface area contributed by atoms with E-state index in [0.29, 0.717) is 16.2 Å². The van der Waals surface area contributed by atoms with Gasteiger partial charge in [0.2, 0.25) is 0 Å². The number of hydrogen-bond donors (Lipinski definition) is 1. The minimum atomic E-state index is -1.05. The summed E-state index contributed by atoms with van der Waals surface area (Å²) in [7, 11) is 1.45. The van der Waals surface area contributed by atoms with Crippen LogP contribution < -0.4 is 4.74 Å². The SMILES string of the molecule is COc1c(C(=O)O)cc(Cl)c2ccccc12. The number of benzene rings is 2. The van der Waals surface area contributed by atoms with E-state index in [1.807, 2.05) is 18.2 Å². The van der Waals surface area contributed by atoms with Gasteiger partial charge in [-0.25, -0.2) is 4.79 Å². The Hall–Kier alpha value is -1.74. The Kier molecular flexibility index (Phi) is 2.71. The average Bonchev–Trinajstić information content (AvgIpc) is 2.29. The molecule has 0 atom stereocenters. The molecule has 0 amide bonds. The zero-order valence-corrected chi connectivity index (χ0v) is 9.28. The zero-order chi connectivity index (χ0) is 11.7. The molecule has 0 spiro atoms. The molecule has 0 heterocycles. The van der Waals surface area contributed by atoms with Crippen molar-refractivity contribution >= 4 is 28.3 Å². The number of rotatable bonds is 2. The summed E-state index contributed by atoms with van der Waals surface area (Å²) in [6, 6.07) is 8.67. The second-order valence-electron chi connectivity index (χ2n) is 3.29. The number of fused-ring (bicyclic) bond motifs is 1. The zero-order valence-electron chi connectivity index (χ0n) is 8.53. The first-order valence-electron chi connectivity index (χ1n) is 4.63. The summed E-state index contributed by atoms with van der Waals surface area (Å²) in [5, 5.41) is 10.9. The van der Waals surface area contributed by atoms with E-state index >= 15 is 0 Å². The van der Waals surface area contributed by atoms with E-state index in [1.165, 1.54) is 13.2 Å². The molecule has 0 bridgehead atoms. The molecule has 0 aliphatic rings. The van der Waals surface area contributed by atoms with Crippen LogP contribution in [-0.2, 0) is 0 Å². The van der Waals surface area contributed by atoms with Gasteiger partial charge in [0.15, 0.2) is 0 Å². The predicted molar refractivity (Wildman–Crippen MR) is 62.5 cm³/mol. The fourth-order valence-electron chi connectivity index (χ4n) is 1.68. The van der Waals surface area contributed by atoms with E-state index in [9.17, 15) is 4.79 Å². The molecule has 0 aromatic heterocycles. The van der Waals surface area contributed by atoms with Gasteiger partial charge in [-0.15, -0.1) is 0 Å². The molecular weight excluding hydrogens is 228 g/mol. The van der Waals surface area contributed by atoms with Gasteiger partial charge in [0, 0.05) is 15.8 Å². The van der Waals surface area contributed by atoms with E-state index in [4.69, 9.17) is 21.4 Å². The number of halogens is 1. The summed E-state index contributed by atoms with van der Waals surface area (Å²) >= 11 is 6.02. The fourth-order valence-corrected chi connectivity index (χ4v) is 1.96. The van der Waals surface area contributed by atoms with Gasteiger partial charge in [0.1, 0.15) is 11.3 Å². The first-order chi connectivity index (χ1) is 7.65. The first-order valence-corrected chi connectivity index (χ1v) is 5.01. The van der Waals surface area contributed by atoms with E-state index in [0.717, 1.165) is 5.39 Å². The molecule has 2 rings (SSSR count). The molecule has 1 N–H and O–H groups in total.